The summed E-state index contributed by atoms with van der Waals surface area (Å²) in [5.41, 5.74) is 5.16. The molecule has 1 aromatic heterocycles. The first-order valence-electron chi connectivity index (χ1n) is 11.1. The molecule has 4 nitrogen and oxygen atoms in total. The molecule has 160 valence electrons. The standard InChI is InChI=1S/C27H31N3O/c1-4-5-6-11-18-30(2)25-17-16-20(19-26(25)31-3)28-27-21-12-7-9-14-23(21)29-24-15-10-8-13-22(24)27/h7-10,12-17,19H,4-6,11,18H2,1-3H3,(H,28,29). The molecule has 0 aliphatic heterocycles. The lowest BCUT2D eigenvalue weighted by Crippen LogP contribution is -2.19. The molecule has 0 radical (unpaired) electrons. The van der Waals surface area contributed by atoms with Gasteiger partial charge in [-0.15, -0.1) is 0 Å². The number of hydrogen-bond acceptors (Lipinski definition) is 4. The van der Waals surface area contributed by atoms with Gasteiger partial charge < -0.3 is 15.0 Å². The van der Waals surface area contributed by atoms with Crippen molar-refractivity contribution in [3.63, 3.8) is 0 Å². The largest absolute Gasteiger partial charge is 0.495 e. The van der Waals surface area contributed by atoms with Crippen LogP contribution in [0.15, 0.2) is 66.7 Å². The van der Waals surface area contributed by atoms with Crippen molar-refractivity contribution < 1.29 is 4.74 Å². The molecule has 0 aliphatic carbocycles. The van der Waals surface area contributed by atoms with Gasteiger partial charge in [0.05, 0.1) is 29.5 Å². The van der Waals surface area contributed by atoms with E-state index in [1.54, 1.807) is 7.11 Å². The number of para-hydroxylation sites is 2. The first kappa shape index (κ1) is 21.0. The van der Waals surface area contributed by atoms with E-state index in [9.17, 15) is 0 Å². The molecule has 0 aliphatic rings. The monoisotopic (exact) mass is 413 g/mol. The van der Waals surface area contributed by atoms with Crippen LogP contribution in [0, 0.1) is 0 Å². The van der Waals surface area contributed by atoms with Crippen LogP contribution in [0.25, 0.3) is 21.8 Å². The Balaban J connectivity index is 1.66. The van der Waals surface area contributed by atoms with Crippen LogP contribution < -0.4 is 15.0 Å². The third kappa shape index (κ3) is 4.58. The highest BCUT2D eigenvalue weighted by Crippen LogP contribution is 2.36. The Bertz CT molecular complexity index is 1120. The minimum absolute atomic E-state index is 0.880. The normalized spacial score (nSPS) is 11.1. The van der Waals surface area contributed by atoms with Gasteiger partial charge in [0.1, 0.15) is 5.75 Å². The van der Waals surface area contributed by atoms with Gasteiger partial charge in [-0.05, 0) is 30.7 Å². The molecule has 0 spiro atoms. The van der Waals surface area contributed by atoms with Crippen molar-refractivity contribution in [3.05, 3.63) is 66.7 Å². The van der Waals surface area contributed by atoms with Gasteiger partial charge in [0.2, 0.25) is 0 Å². The number of anilines is 3. The number of nitrogens with zero attached hydrogens (tertiary/aromatic N) is 2. The fourth-order valence-electron chi connectivity index (χ4n) is 4.09. The molecular weight excluding hydrogens is 382 g/mol. The summed E-state index contributed by atoms with van der Waals surface area (Å²) in [6, 6.07) is 22.9. The van der Waals surface area contributed by atoms with Gasteiger partial charge >= 0.3 is 0 Å². The first-order chi connectivity index (χ1) is 15.2. The number of ether oxygens (including phenoxy) is 1. The molecule has 3 aromatic carbocycles. The number of methoxy groups -OCH3 is 1. The van der Waals surface area contributed by atoms with E-state index in [0.29, 0.717) is 0 Å². The maximum absolute atomic E-state index is 5.75. The van der Waals surface area contributed by atoms with Gasteiger partial charge in [-0.25, -0.2) is 4.98 Å². The third-order valence-electron chi connectivity index (χ3n) is 5.80. The van der Waals surface area contributed by atoms with Crippen LogP contribution in [0.2, 0.25) is 0 Å². The van der Waals surface area contributed by atoms with Crippen molar-refractivity contribution in [1.82, 2.24) is 4.98 Å². The quantitative estimate of drug-likeness (QED) is 0.233. The van der Waals surface area contributed by atoms with E-state index in [2.05, 4.69) is 78.8 Å². The number of aromatic nitrogens is 1. The van der Waals surface area contributed by atoms with Crippen molar-refractivity contribution in [2.75, 3.05) is 30.9 Å². The zero-order chi connectivity index (χ0) is 21.6. The summed E-state index contributed by atoms with van der Waals surface area (Å²) in [4.78, 5) is 7.11. The molecule has 0 saturated carbocycles. The lowest BCUT2D eigenvalue weighted by atomic mass is 10.1. The summed E-state index contributed by atoms with van der Waals surface area (Å²) in [5, 5.41) is 5.87. The molecule has 0 amide bonds. The van der Waals surface area contributed by atoms with E-state index in [-0.39, 0.29) is 0 Å². The topological polar surface area (TPSA) is 37.4 Å². The Morgan fingerprint density at radius 2 is 1.55 bits per heavy atom. The van der Waals surface area contributed by atoms with Crippen LogP contribution >= 0.6 is 0 Å². The van der Waals surface area contributed by atoms with Crippen LogP contribution in [-0.4, -0.2) is 25.7 Å². The Morgan fingerprint density at radius 3 is 2.19 bits per heavy atom. The molecule has 4 heteroatoms. The fraction of sp³-hybridized carbons (Fsp3) is 0.296. The fourth-order valence-corrected chi connectivity index (χ4v) is 4.09. The number of nitrogens with one attached hydrogen (secondary N) is 1. The van der Waals surface area contributed by atoms with Crippen LogP contribution in [0.5, 0.6) is 5.75 Å². The van der Waals surface area contributed by atoms with Gasteiger partial charge in [-0.2, -0.15) is 0 Å². The van der Waals surface area contributed by atoms with E-state index in [4.69, 9.17) is 9.72 Å². The number of benzene rings is 3. The van der Waals surface area contributed by atoms with Crippen LogP contribution in [0.4, 0.5) is 17.1 Å². The molecule has 0 saturated heterocycles. The summed E-state index contributed by atoms with van der Waals surface area (Å²) >= 11 is 0. The Kier molecular flexibility index (Phi) is 6.56. The maximum atomic E-state index is 5.75. The number of rotatable bonds is 9. The van der Waals surface area contributed by atoms with Gasteiger partial charge in [0.25, 0.3) is 0 Å². The van der Waals surface area contributed by atoms with Crippen molar-refractivity contribution in [3.8, 4) is 5.75 Å². The van der Waals surface area contributed by atoms with Crippen molar-refractivity contribution >= 4 is 38.9 Å². The van der Waals surface area contributed by atoms with E-state index in [1.807, 2.05) is 12.1 Å². The molecular formula is C27H31N3O. The molecule has 0 bridgehead atoms. The lowest BCUT2D eigenvalue weighted by Gasteiger charge is -2.23. The Hall–Kier alpha value is -3.27. The van der Waals surface area contributed by atoms with E-state index in [1.165, 1.54) is 25.7 Å². The molecule has 0 atom stereocenters. The van der Waals surface area contributed by atoms with Gasteiger partial charge in [0.15, 0.2) is 0 Å². The van der Waals surface area contributed by atoms with Crippen LogP contribution in [0.3, 0.4) is 0 Å². The summed E-state index contributed by atoms with van der Waals surface area (Å²) in [7, 11) is 3.88. The van der Waals surface area contributed by atoms with Gasteiger partial charge in [-0.3, -0.25) is 0 Å². The van der Waals surface area contributed by atoms with Crippen molar-refractivity contribution in [1.29, 1.82) is 0 Å². The zero-order valence-corrected chi connectivity index (χ0v) is 18.7. The van der Waals surface area contributed by atoms with Gasteiger partial charge in [-0.1, -0.05) is 62.6 Å². The Morgan fingerprint density at radius 1 is 0.871 bits per heavy atom. The zero-order valence-electron chi connectivity index (χ0n) is 18.7. The highest BCUT2D eigenvalue weighted by atomic mass is 16.5. The summed E-state index contributed by atoms with van der Waals surface area (Å²) in [6.45, 7) is 3.27. The highest BCUT2D eigenvalue weighted by molar-refractivity contribution is 6.08. The SMILES string of the molecule is CCCCCCN(C)c1ccc(Nc2c3ccccc3nc3ccccc23)cc1OC. The second-order valence-electron chi connectivity index (χ2n) is 8.01. The van der Waals surface area contributed by atoms with Crippen molar-refractivity contribution in [2.24, 2.45) is 0 Å². The third-order valence-corrected chi connectivity index (χ3v) is 5.80. The van der Waals surface area contributed by atoms with E-state index < -0.39 is 0 Å². The minimum atomic E-state index is 0.880. The second kappa shape index (κ2) is 9.69. The minimum Gasteiger partial charge on any atom is -0.495 e. The van der Waals surface area contributed by atoms with E-state index in [0.717, 1.165) is 51.2 Å². The molecule has 0 unspecified atom stereocenters. The molecule has 4 rings (SSSR count). The summed E-state index contributed by atoms with van der Waals surface area (Å²) in [6.07, 6.45) is 5.01. The van der Waals surface area contributed by atoms with Crippen LogP contribution in [-0.2, 0) is 0 Å². The smallest absolute Gasteiger partial charge is 0.144 e. The summed E-state index contributed by atoms with van der Waals surface area (Å²) < 4.78 is 5.75. The van der Waals surface area contributed by atoms with Gasteiger partial charge in [0, 0.05) is 36.1 Å². The molecule has 0 fully saturated rings. The predicted octanol–water partition coefficient (Wildman–Crippen LogP) is 7.16. The van der Waals surface area contributed by atoms with E-state index >= 15 is 0 Å². The first-order valence-corrected chi connectivity index (χ1v) is 11.1. The number of pyridine rings is 1. The summed E-state index contributed by atoms with van der Waals surface area (Å²) in [5.74, 6) is 0.880. The predicted molar refractivity (Wildman–Crippen MR) is 133 cm³/mol. The molecule has 1 N–H and O–H groups in total. The van der Waals surface area contributed by atoms with Crippen molar-refractivity contribution in [2.45, 2.75) is 32.6 Å². The molecule has 1 heterocycles. The second-order valence-corrected chi connectivity index (χ2v) is 8.01. The number of hydrogen-bond donors (Lipinski definition) is 1. The van der Waals surface area contributed by atoms with Crippen LogP contribution in [0.1, 0.15) is 32.6 Å². The molecule has 31 heavy (non-hydrogen) atoms. The number of unbranched alkanes of at least 4 members (excludes halogenated alkanes) is 3. The average Bonchev–Trinajstić information content (AvgIpc) is 2.81. The maximum Gasteiger partial charge on any atom is 0.144 e. The highest BCUT2D eigenvalue weighted by Gasteiger charge is 2.12. The number of fused-ring (bicyclic) bond motifs is 2. The molecule has 4 aromatic rings. The average molecular weight is 414 g/mol. The Labute approximate surface area is 184 Å². The lowest BCUT2D eigenvalue weighted by molar-refractivity contribution is 0.415.